The van der Waals surface area contributed by atoms with Gasteiger partial charge in [0.25, 0.3) is 5.78 Å². The predicted molar refractivity (Wildman–Crippen MR) is 81.2 cm³/mol. The first-order chi connectivity index (χ1) is 10.8. The molecule has 0 saturated heterocycles. The van der Waals surface area contributed by atoms with Gasteiger partial charge in [0.1, 0.15) is 0 Å². The Kier molecular flexibility index (Phi) is 3.14. The summed E-state index contributed by atoms with van der Waals surface area (Å²) in [5.74, 6) is 2.96. The minimum absolute atomic E-state index is 0.612. The summed E-state index contributed by atoms with van der Waals surface area (Å²) < 4.78 is 13.2. The van der Waals surface area contributed by atoms with Gasteiger partial charge in [-0.25, -0.2) is 4.98 Å². The van der Waals surface area contributed by atoms with Gasteiger partial charge in [-0.05, 0) is 24.3 Å². The zero-order valence-electron chi connectivity index (χ0n) is 12.3. The molecule has 2 aromatic heterocycles. The molecule has 0 spiro atoms. The van der Waals surface area contributed by atoms with Crippen LogP contribution in [0.2, 0.25) is 0 Å². The molecule has 6 nitrogen and oxygen atoms in total. The largest absolute Gasteiger partial charge is 0.490 e. The van der Waals surface area contributed by atoms with E-state index in [-0.39, 0.29) is 0 Å². The van der Waals surface area contributed by atoms with Gasteiger partial charge in [-0.3, -0.25) is 0 Å². The van der Waals surface area contributed by atoms with Gasteiger partial charge >= 0.3 is 0 Å². The lowest BCUT2D eigenvalue weighted by Gasteiger charge is -2.10. The molecule has 0 N–H and O–H groups in total. The van der Waals surface area contributed by atoms with Crippen molar-refractivity contribution in [1.29, 1.82) is 0 Å². The SMILES string of the molecule is CCc1nc2nccc(-c3ccc4c(c3)OCCCO4)n2n1. The van der Waals surface area contributed by atoms with E-state index in [0.717, 1.165) is 41.4 Å². The third-order valence-corrected chi connectivity index (χ3v) is 3.64. The first-order valence-corrected chi connectivity index (χ1v) is 7.46. The van der Waals surface area contributed by atoms with E-state index in [1.807, 2.05) is 31.2 Å². The van der Waals surface area contributed by atoms with Crippen LogP contribution in [0.25, 0.3) is 17.0 Å². The number of aromatic nitrogens is 4. The fourth-order valence-electron chi connectivity index (χ4n) is 2.53. The molecule has 3 heterocycles. The Morgan fingerprint density at radius 3 is 2.86 bits per heavy atom. The molecule has 0 atom stereocenters. The van der Waals surface area contributed by atoms with Crippen LogP contribution < -0.4 is 9.47 Å². The zero-order chi connectivity index (χ0) is 14.9. The van der Waals surface area contributed by atoms with E-state index >= 15 is 0 Å². The van der Waals surface area contributed by atoms with E-state index in [0.29, 0.717) is 19.0 Å². The summed E-state index contributed by atoms with van der Waals surface area (Å²) in [5.41, 5.74) is 1.94. The van der Waals surface area contributed by atoms with E-state index in [4.69, 9.17) is 9.47 Å². The van der Waals surface area contributed by atoms with Crippen LogP contribution >= 0.6 is 0 Å². The normalized spacial score (nSPS) is 14.0. The average molecular weight is 296 g/mol. The molecule has 112 valence electrons. The van der Waals surface area contributed by atoms with Crippen molar-refractivity contribution in [2.24, 2.45) is 0 Å². The highest BCUT2D eigenvalue weighted by Crippen LogP contribution is 2.34. The van der Waals surface area contributed by atoms with Crippen LogP contribution in [0.3, 0.4) is 0 Å². The van der Waals surface area contributed by atoms with E-state index < -0.39 is 0 Å². The standard InChI is InChI=1S/C16H16N4O2/c1-2-15-18-16-17-7-6-12(20(16)19-15)11-4-5-13-14(10-11)22-9-3-8-21-13/h4-7,10H,2-3,8-9H2,1H3. The number of rotatable bonds is 2. The van der Waals surface area contributed by atoms with Crippen molar-refractivity contribution >= 4 is 5.78 Å². The topological polar surface area (TPSA) is 61.5 Å². The number of hydrogen-bond donors (Lipinski definition) is 0. The highest BCUT2D eigenvalue weighted by Gasteiger charge is 2.14. The molecule has 3 aromatic rings. The Bertz CT molecular complexity index is 828. The average Bonchev–Trinajstić information content (AvgIpc) is 2.84. The van der Waals surface area contributed by atoms with Crippen molar-refractivity contribution in [3.63, 3.8) is 0 Å². The maximum absolute atomic E-state index is 5.76. The molecule has 1 aliphatic heterocycles. The van der Waals surface area contributed by atoms with Crippen LogP contribution in [0.1, 0.15) is 19.2 Å². The molecule has 22 heavy (non-hydrogen) atoms. The summed E-state index contributed by atoms with van der Waals surface area (Å²) in [5, 5.41) is 4.51. The van der Waals surface area contributed by atoms with Gasteiger partial charge in [-0.15, -0.1) is 5.10 Å². The highest BCUT2D eigenvalue weighted by molar-refractivity contribution is 5.65. The third-order valence-electron chi connectivity index (χ3n) is 3.64. The van der Waals surface area contributed by atoms with Gasteiger partial charge in [-0.2, -0.15) is 9.50 Å². The van der Waals surface area contributed by atoms with Crippen molar-refractivity contribution in [2.75, 3.05) is 13.2 Å². The number of nitrogens with zero attached hydrogens (tertiary/aromatic N) is 4. The van der Waals surface area contributed by atoms with Crippen molar-refractivity contribution in [2.45, 2.75) is 19.8 Å². The monoisotopic (exact) mass is 296 g/mol. The number of benzene rings is 1. The molecular weight excluding hydrogens is 280 g/mol. The summed E-state index contributed by atoms with van der Waals surface area (Å²) in [6, 6.07) is 7.87. The number of fused-ring (bicyclic) bond motifs is 2. The molecule has 0 amide bonds. The smallest absolute Gasteiger partial charge is 0.252 e. The quantitative estimate of drug-likeness (QED) is 0.727. The number of aryl methyl sites for hydroxylation is 1. The second-order valence-corrected chi connectivity index (χ2v) is 5.14. The fourth-order valence-corrected chi connectivity index (χ4v) is 2.53. The van der Waals surface area contributed by atoms with E-state index in [1.165, 1.54) is 0 Å². The maximum atomic E-state index is 5.76. The molecular formula is C16H16N4O2. The molecule has 0 saturated carbocycles. The molecule has 4 rings (SSSR count). The van der Waals surface area contributed by atoms with Crippen LogP contribution in [0, 0.1) is 0 Å². The Labute approximate surface area is 127 Å². The lowest BCUT2D eigenvalue weighted by atomic mass is 10.1. The Morgan fingerprint density at radius 1 is 1.14 bits per heavy atom. The van der Waals surface area contributed by atoms with Crippen molar-refractivity contribution < 1.29 is 9.47 Å². The summed E-state index contributed by atoms with van der Waals surface area (Å²) in [6.45, 7) is 3.39. The van der Waals surface area contributed by atoms with Crippen LogP contribution in [0.15, 0.2) is 30.5 Å². The lowest BCUT2D eigenvalue weighted by molar-refractivity contribution is 0.297. The minimum Gasteiger partial charge on any atom is -0.490 e. The predicted octanol–water partition coefficient (Wildman–Crippen LogP) is 2.52. The van der Waals surface area contributed by atoms with Crippen molar-refractivity contribution in [3.05, 3.63) is 36.3 Å². The molecule has 6 heteroatoms. The minimum atomic E-state index is 0.612. The molecule has 0 radical (unpaired) electrons. The van der Waals surface area contributed by atoms with Gasteiger partial charge in [-0.1, -0.05) is 6.92 Å². The highest BCUT2D eigenvalue weighted by atomic mass is 16.5. The number of hydrogen-bond acceptors (Lipinski definition) is 5. The van der Waals surface area contributed by atoms with E-state index in [2.05, 4.69) is 15.1 Å². The Balaban J connectivity index is 1.84. The summed E-state index contributed by atoms with van der Waals surface area (Å²) in [7, 11) is 0. The van der Waals surface area contributed by atoms with Crippen LogP contribution in [-0.2, 0) is 6.42 Å². The van der Waals surface area contributed by atoms with Crippen LogP contribution in [-0.4, -0.2) is 32.8 Å². The molecule has 0 unspecified atom stereocenters. The Morgan fingerprint density at radius 2 is 2.00 bits per heavy atom. The van der Waals surface area contributed by atoms with E-state index in [1.54, 1.807) is 10.7 Å². The van der Waals surface area contributed by atoms with Gasteiger partial charge in [0.2, 0.25) is 0 Å². The van der Waals surface area contributed by atoms with Gasteiger partial charge in [0, 0.05) is 24.6 Å². The first kappa shape index (κ1) is 13.1. The fraction of sp³-hybridized carbons (Fsp3) is 0.312. The van der Waals surface area contributed by atoms with Crippen molar-refractivity contribution in [1.82, 2.24) is 19.6 Å². The second-order valence-electron chi connectivity index (χ2n) is 5.14. The van der Waals surface area contributed by atoms with E-state index in [9.17, 15) is 0 Å². The molecule has 0 bridgehead atoms. The van der Waals surface area contributed by atoms with Gasteiger partial charge < -0.3 is 9.47 Å². The maximum Gasteiger partial charge on any atom is 0.252 e. The summed E-state index contributed by atoms with van der Waals surface area (Å²) >= 11 is 0. The molecule has 1 aliphatic rings. The summed E-state index contributed by atoms with van der Waals surface area (Å²) in [4.78, 5) is 8.68. The second kappa shape index (κ2) is 5.29. The van der Waals surface area contributed by atoms with Gasteiger partial charge in [0.15, 0.2) is 17.3 Å². The molecule has 1 aromatic carbocycles. The zero-order valence-corrected chi connectivity index (χ0v) is 12.3. The van der Waals surface area contributed by atoms with Crippen LogP contribution in [0.4, 0.5) is 0 Å². The Hall–Kier alpha value is -2.63. The van der Waals surface area contributed by atoms with Gasteiger partial charge in [0.05, 0.1) is 18.9 Å². The lowest BCUT2D eigenvalue weighted by Crippen LogP contribution is -1.98. The van der Waals surface area contributed by atoms with Crippen molar-refractivity contribution in [3.8, 4) is 22.8 Å². The summed E-state index contributed by atoms with van der Waals surface area (Å²) in [6.07, 6.45) is 3.43. The number of ether oxygens (including phenoxy) is 2. The van der Waals surface area contributed by atoms with Crippen LogP contribution in [0.5, 0.6) is 11.5 Å². The first-order valence-electron chi connectivity index (χ1n) is 7.46. The third kappa shape index (κ3) is 2.16. The molecule has 0 fully saturated rings. The molecule has 0 aliphatic carbocycles.